The summed E-state index contributed by atoms with van der Waals surface area (Å²) in [6, 6.07) is 18.0. The number of amides is 1. The Morgan fingerprint density at radius 3 is 2.54 bits per heavy atom. The SMILES string of the molecule is COc1ccc(CCC(=O)Nc2ccc(=O)n(Cc3ccccc3Cl)c2)cc1. The Hall–Kier alpha value is -3.05. The number of aryl methyl sites for hydroxylation is 1. The molecule has 144 valence electrons. The molecular formula is C22H21ClN2O3. The lowest BCUT2D eigenvalue weighted by Crippen LogP contribution is -2.21. The van der Waals surface area contributed by atoms with Crippen LogP contribution in [0.25, 0.3) is 0 Å². The molecule has 3 rings (SSSR count). The number of anilines is 1. The van der Waals surface area contributed by atoms with E-state index >= 15 is 0 Å². The first-order valence-corrected chi connectivity index (χ1v) is 9.29. The van der Waals surface area contributed by atoms with Crippen molar-refractivity contribution in [1.82, 2.24) is 4.57 Å². The van der Waals surface area contributed by atoms with Gasteiger partial charge in [-0.2, -0.15) is 0 Å². The van der Waals surface area contributed by atoms with Gasteiger partial charge in [0.25, 0.3) is 5.56 Å². The zero-order valence-electron chi connectivity index (χ0n) is 15.5. The zero-order chi connectivity index (χ0) is 19.9. The van der Waals surface area contributed by atoms with E-state index in [2.05, 4.69) is 5.32 Å². The van der Waals surface area contributed by atoms with Gasteiger partial charge in [0.1, 0.15) is 5.75 Å². The highest BCUT2D eigenvalue weighted by molar-refractivity contribution is 6.31. The molecule has 2 aromatic carbocycles. The van der Waals surface area contributed by atoms with E-state index in [1.807, 2.05) is 42.5 Å². The van der Waals surface area contributed by atoms with Crippen molar-refractivity contribution in [2.75, 3.05) is 12.4 Å². The first kappa shape index (κ1) is 19.7. The number of carbonyl (C=O) groups is 1. The van der Waals surface area contributed by atoms with Crippen LogP contribution < -0.4 is 15.6 Å². The Balaban J connectivity index is 1.62. The molecule has 0 unspecified atom stereocenters. The molecule has 1 aromatic heterocycles. The second kappa shape index (κ2) is 9.24. The van der Waals surface area contributed by atoms with E-state index in [0.29, 0.717) is 30.1 Å². The number of pyridine rings is 1. The van der Waals surface area contributed by atoms with E-state index in [4.69, 9.17) is 16.3 Å². The highest BCUT2D eigenvalue weighted by Crippen LogP contribution is 2.17. The third-order valence-corrected chi connectivity index (χ3v) is 4.73. The van der Waals surface area contributed by atoms with Crippen LogP contribution in [-0.2, 0) is 17.8 Å². The van der Waals surface area contributed by atoms with Crippen molar-refractivity contribution >= 4 is 23.2 Å². The van der Waals surface area contributed by atoms with Gasteiger partial charge in [0, 0.05) is 23.7 Å². The summed E-state index contributed by atoms with van der Waals surface area (Å²) >= 11 is 6.18. The second-order valence-corrected chi connectivity index (χ2v) is 6.78. The number of aromatic nitrogens is 1. The minimum Gasteiger partial charge on any atom is -0.497 e. The average Bonchev–Trinajstić information content (AvgIpc) is 2.71. The molecule has 0 aliphatic carbocycles. The van der Waals surface area contributed by atoms with Crippen LogP contribution in [-0.4, -0.2) is 17.6 Å². The number of hydrogen-bond donors (Lipinski definition) is 1. The molecule has 28 heavy (non-hydrogen) atoms. The van der Waals surface area contributed by atoms with Gasteiger partial charge in [-0.3, -0.25) is 9.59 Å². The van der Waals surface area contributed by atoms with Crippen LogP contribution in [0.3, 0.4) is 0 Å². The van der Waals surface area contributed by atoms with Crippen molar-refractivity contribution in [3.8, 4) is 5.75 Å². The molecule has 0 bridgehead atoms. The highest BCUT2D eigenvalue weighted by atomic mass is 35.5. The largest absolute Gasteiger partial charge is 0.497 e. The molecule has 0 atom stereocenters. The number of methoxy groups -OCH3 is 1. The van der Waals surface area contributed by atoms with Gasteiger partial charge in [0.15, 0.2) is 0 Å². The smallest absolute Gasteiger partial charge is 0.250 e. The lowest BCUT2D eigenvalue weighted by molar-refractivity contribution is -0.116. The molecule has 5 nitrogen and oxygen atoms in total. The lowest BCUT2D eigenvalue weighted by Gasteiger charge is -2.11. The Morgan fingerprint density at radius 1 is 1.07 bits per heavy atom. The van der Waals surface area contributed by atoms with Gasteiger partial charge in [-0.15, -0.1) is 0 Å². The Kier molecular flexibility index (Phi) is 6.50. The predicted molar refractivity (Wildman–Crippen MR) is 111 cm³/mol. The van der Waals surface area contributed by atoms with Crippen molar-refractivity contribution < 1.29 is 9.53 Å². The van der Waals surface area contributed by atoms with E-state index in [0.717, 1.165) is 16.9 Å². The summed E-state index contributed by atoms with van der Waals surface area (Å²) in [4.78, 5) is 24.4. The van der Waals surface area contributed by atoms with Crippen LogP contribution in [0.5, 0.6) is 5.75 Å². The number of rotatable bonds is 7. The molecule has 0 aliphatic heterocycles. The van der Waals surface area contributed by atoms with Gasteiger partial charge in [-0.1, -0.05) is 41.9 Å². The van der Waals surface area contributed by atoms with Crippen LogP contribution in [0.1, 0.15) is 17.5 Å². The summed E-state index contributed by atoms with van der Waals surface area (Å²) in [5.74, 6) is 0.674. The predicted octanol–water partition coefficient (Wildman–Crippen LogP) is 4.13. The normalized spacial score (nSPS) is 10.5. The summed E-state index contributed by atoms with van der Waals surface area (Å²) in [6.45, 7) is 0.341. The van der Waals surface area contributed by atoms with Gasteiger partial charge in [-0.25, -0.2) is 0 Å². The number of carbonyl (C=O) groups excluding carboxylic acids is 1. The maximum Gasteiger partial charge on any atom is 0.250 e. The van der Waals surface area contributed by atoms with E-state index in [1.54, 1.807) is 25.4 Å². The molecule has 0 aliphatic rings. The Bertz CT molecular complexity index is 1010. The molecular weight excluding hydrogens is 376 g/mol. The van der Waals surface area contributed by atoms with E-state index in [9.17, 15) is 9.59 Å². The van der Waals surface area contributed by atoms with Crippen molar-refractivity contribution in [3.63, 3.8) is 0 Å². The zero-order valence-corrected chi connectivity index (χ0v) is 16.3. The molecule has 1 amide bonds. The fourth-order valence-corrected chi connectivity index (χ4v) is 3.01. The summed E-state index contributed by atoms with van der Waals surface area (Å²) < 4.78 is 6.66. The molecule has 0 saturated carbocycles. The number of nitrogens with one attached hydrogen (secondary N) is 1. The quantitative estimate of drug-likeness (QED) is 0.653. The molecule has 0 radical (unpaired) electrons. The molecule has 6 heteroatoms. The molecule has 3 aromatic rings. The summed E-state index contributed by atoms with van der Waals surface area (Å²) in [7, 11) is 1.62. The van der Waals surface area contributed by atoms with Gasteiger partial charge < -0.3 is 14.6 Å². The van der Waals surface area contributed by atoms with Gasteiger partial charge in [0.05, 0.1) is 19.3 Å². The third-order valence-electron chi connectivity index (χ3n) is 4.37. The number of nitrogens with zero attached hydrogens (tertiary/aromatic N) is 1. The first-order chi connectivity index (χ1) is 13.5. The molecule has 1 heterocycles. The van der Waals surface area contributed by atoms with Crippen LogP contribution in [0.2, 0.25) is 5.02 Å². The molecule has 0 fully saturated rings. The molecule has 0 spiro atoms. The fourth-order valence-electron chi connectivity index (χ4n) is 2.81. The molecule has 0 saturated heterocycles. The standard InChI is InChI=1S/C22H21ClN2O3/c1-28-19-10-6-16(7-11-19)8-12-21(26)24-18-9-13-22(27)25(15-18)14-17-4-2-3-5-20(17)23/h2-7,9-11,13,15H,8,12,14H2,1H3,(H,24,26). The van der Waals surface area contributed by atoms with Gasteiger partial charge in [0.2, 0.25) is 5.91 Å². The maximum absolute atomic E-state index is 12.3. The van der Waals surface area contributed by atoms with E-state index in [1.165, 1.54) is 10.6 Å². The third kappa shape index (κ3) is 5.24. The monoisotopic (exact) mass is 396 g/mol. The Labute approximate surface area is 168 Å². The van der Waals surface area contributed by atoms with Crippen molar-refractivity contribution in [2.45, 2.75) is 19.4 Å². The summed E-state index contributed by atoms with van der Waals surface area (Å²) in [6.07, 6.45) is 2.60. The number of benzene rings is 2. The number of hydrogen-bond acceptors (Lipinski definition) is 3. The van der Waals surface area contributed by atoms with Crippen molar-refractivity contribution in [2.24, 2.45) is 0 Å². The highest BCUT2D eigenvalue weighted by Gasteiger charge is 2.07. The topological polar surface area (TPSA) is 60.3 Å². The molecule has 1 N–H and O–H groups in total. The van der Waals surface area contributed by atoms with Crippen LogP contribution >= 0.6 is 11.6 Å². The number of halogens is 1. The second-order valence-electron chi connectivity index (χ2n) is 6.37. The number of ether oxygens (including phenoxy) is 1. The first-order valence-electron chi connectivity index (χ1n) is 8.92. The average molecular weight is 397 g/mol. The van der Waals surface area contributed by atoms with E-state index in [-0.39, 0.29) is 11.5 Å². The fraction of sp³-hybridized carbons (Fsp3) is 0.182. The van der Waals surface area contributed by atoms with Crippen molar-refractivity contribution in [1.29, 1.82) is 0 Å². The minimum atomic E-state index is -0.156. The lowest BCUT2D eigenvalue weighted by atomic mass is 10.1. The van der Waals surface area contributed by atoms with Crippen LogP contribution in [0.15, 0.2) is 71.7 Å². The van der Waals surface area contributed by atoms with Crippen LogP contribution in [0.4, 0.5) is 5.69 Å². The summed E-state index contributed by atoms with van der Waals surface area (Å²) in [5, 5.41) is 3.45. The van der Waals surface area contributed by atoms with E-state index < -0.39 is 0 Å². The van der Waals surface area contributed by atoms with Crippen molar-refractivity contribution in [3.05, 3.63) is 93.4 Å². The minimum absolute atomic E-state index is 0.112. The van der Waals surface area contributed by atoms with Crippen LogP contribution in [0, 0.1) is 0 Å². The van der Waals surface area contributed by atoms with Gasteiger partial charge >= 0.3 is 0 Å². The Morgan fingerprint density at radius 2 is 1.82 bits per heavy atom. The summed E-state index contributed by atoms with van der Waals surface area (Å²) in [5.41, 5.74) is 2.32. The van der Waals surface area contributed by atoms with Gasteiger partial charge in [-0.05, 0) is 41.8 Å². The maximum atomic E-state index is 12.3.